The highest BCUT2D eigenvalue weighted by Gasteiger charge is 2.23. The number of aromatic nitrogens is 2. The van der Waals surface area contributed by atoms with Gasteiger partial charge in [0, 0.05) is 75.5 Å². The third-order valence-electron chi connectivity index (χ3n) is 9.81. The lowest BCUT2D eigenvalue weighted by Crippen LogP contribution is -2.44. The van der Waals surface area contributed by atoms with E-state index in [1.807, 2.05) is 32.0 Å². The number of methoxy groups -OCH3 is 2. The smallest absolute Gasteiger partial charge is 0.262 e. The summed E-state index contributed by atoms with van der Waals surface area (Å²) in [5, 5.41) is 6.45. The number of nitrogens with one attached hydrogen (secondary N) is 2. The summed E-state index contributed by atoms with van der Waals surface area (Å²) in [7, 11) is 5.27. The summed E-state index contributed by atoms with van der Waals surface area (Å²) in [5.74, 6) is 1.28. The molecule has 3 heterocycles. The molecule has 0 saturated carbocycles. The van der Waals surface area contributed by atoms with Crippen molar-refractivity contribution in [2.24, 2.45) is 0 Å². The number of hydrogen-bond donors (Lipinski definition) is 2. The topological polar surface area (TPSA) is 140 Å². The molecule has 3 aromatic carbocycles. The van der Waals surface area contributed by atoms with E-state index < -0.39 is 5.91 Å². The highest BCUT2D eigenvalue weighted by Crippen LogP contribution is 2.41. The molecule has 15 heteroatoms. The van der Waals surface area contributed by atoms with E-state index in [9.17, 15) is 9.59 Å². The minimum absolute atomic E-state index is 0.00983. The number of ether oxygens (including phenoxy) is 5. The Bertz CT molecular complexity index is 1980. The Morgan fingerprint density at radius 2 is 1.64 bits per heavy atom. The van der Waals surface area contributed by atoms with Crippen molar-refractivity contribution in [3.05, 3.63) is 82.0 Å². The first kappa shape index (κ1) is 40.5. The van der Waals surface area contributed by atoms with Gasteiger partial charge in [-0.1, -0.05) is 35.9 Å². The van der Waals surface area contributed by atoms with Gasteiger partial charge in [0.1, 0.15) is 11.3 Å². The van der Waals surface area contributed by atoms with Gasteiger partial charge in [-0.3, -0.25) is 9.59 Å². The number of anilines is 3. The van der Waals surface area contributed by atoms with Crippen molar-refractivity contribution in [2.75, 3.05) is 97.5 Å². The van der Waals surface area contributed by atoms with Crippen molar-refractivity contribution in [1.82, 2.24) is 24.7 Å². The maximum absolute atomic E-state index is 13.8. The van der Waals surface area contributed by atoms with Crippen molar-refractivity contribution in [1.29, 1.82) is 0 Å². The standard InChI is InChI=1S/C41H50ClN7O7/c1-27-8-6-9-28(2)37(27)45-39(51)31-26-43-41(46-40(31)56-33-11-10-29(22-32(33)42)23-36(50)49-17-20-54-21-18-49)44-30-24-34(52-4)38(53-5)35(25-30)55-19-7-12-48-15-13-47(3)14-16-48/h6,8-11,22,24-26H,7,12-21,23H2,1-5H3,(H,45,51)(H,43,44,46). The van der Waals surface area contributed by atoms with Crippen molar-refractivity contribution < 1.29 is 33.3 Å². The number of rotatable bonds is 15. The molecule has 0 radical (unpaired) electrons. The van der Waals surface area contributed by atoms with Gasteiger partial charge in [0.15, 0.2) is 11.5 Å². The van der Waals surface area contributed by atoms with Crippen LogP contribution in [0, 0.1) is 13.8 Å². The van der Waals surface area contributed by atoms with Gasteiger partial charge in [0.05, 0.1) is 45.5 Å². The molecule has 1 aromatic heterocycles. The number of nitrogens with zero attached hydrogens (tertiary/aromatic N) is 5. The first-order chi connectivity index (χ1) is 27.1. The van der Waals surface area contributed by atoms with Gasteiger partial charge in [0.2, 0.25) is 23.5 Å². The molecule has 0 bridgehead atoms. The maximum atomic E-state index is 13.8. The number of likely N-dealkylation sites (N-methyl/N-ethyl adjacent to an activating group) is 1. The molecule has 6 rings (SSSR count). The predicted octanol–water partition coefficient (Wildman–Crippen LogP) is 5.97. The van der Waals surface area contributed by atoms with Gasteiger partial charge in [-0.15, -0.1) is 0 Å². The lowest BCUT2D eigenvalue weighted by molar-refractivity contribution is -0.134. The third-order valence-corrected chi connectivity index (χ3v) is 10.1. The van der Waals surface area contributed by atoms with Crippen LogP contribution in [0.5, 0.6) is 28.9 Å². The Labute approximate surface area is 333 Å². The van der Waals surface area contributed by atoms with Crippen molar-refractivity contribution in [3.63, 3.8) is 0 Å². The molecule has 14 nitrogen and oxygen atoms in total. The number of morpholine rings is 1. The summed E-state index contributed by atoms with van der Waals surface area (Å²) in [6, 6.07) is 14.4. The molecule has 4 aromatic rings. The zero-order chi connectivity index (χ0) is 39.6. The number of aryl methyl sites for hydroxylation is 2. The van der Waals surface area contributed by atoms with Crippen LogP contribution in [-0.4, -0.2) is 123 Å². The third kappa shape index (κ3) is 10.4. The van der Waals surface area contributed by atoms with E-state index in [-0.39, 0.29) is 40.5 Å². The Morgan fingerprint density at radius 1 is 0.911 bits per heavy atom. The van der Waals surface area contributed by atoms with Gasteiger partial charge in [-0.25, -0.2) is 4.98 Å². The average Bonchev–Trinajstić information content (AvgIpc) is 3.20. The molecule has 298 valence electrons. The van der Waals surface area contributed by atoms with Gasteiger partial charge in [-0.05, 0) is 56.1 Å². The minimum Gasteiger partial charge on any atom is -0.493 e. The van der Waals surface area contributed by atoms with Crippen LogP contribution in [0.1, 0.15) is 33.5 Å². The molecular formula is C41H50ClN7O7. The number of halogens is 1. The summed E-state index contributed by atoms with van der Waals surface area (Å²) in [4.78, 5) is 42.4. The number of hydrogen-bond acceptors (Lipinski definition) is 12. The van der Waals surface area contributed by atoms with Crippen LogP contribution in [0.4, 0.5) is 17.3 Å². The summed E-state index contributed by atoms with van der Waals surface area (Å²) in [5.41, 5.74) is 3.84. The van der Waals surface area contributed by atoms with Crippen molar-refractivity contribution in [3.8, 4) is 28.9 Å². The summed E-state index contributed by atoms with van der Waals surface area (Å²) in [6.45, 7) is 11.6. The monoisotopic (exact) mass is 787 g/mol. The van der Waals surface area contributed by atoms with Gasteiger partial charge in [-0.2, -0.15) is 4.98 Å². The molecule has 2 amide bonds. The van der Waals surface area contributed by atoms with Gasteiger partial charge in [0.25, 0.3) is 5.91 Å². The molecule has 0 aliphatic carbocycles. The fourth-order valence-electron chi connectivity index (χ4n) is 6.57. The molecule has 2 aliphatic rings. The molecule has 0 atom stereocenters. The molecule has 0 spiro atoms. The van der Waals surface area contributed by atoms with Crippen LogP contribution in [-0.2, 0) is 16.0 Å². The highest BCUT2D eigenvalue weighted by molar-refractivity contribution is 6.32. The first-order valence-electron chi connectivity index (χ1n) is 18.7. The second kappa shape index (κ2) is 19.1. The number of para-hydroxylation sites is 1. The SMILES string of the molecule is COc1cc(Nc2ncc(C(=O)Nc3c(C)cccc3C)c(Oc3ccc(CC(=O)N4CCOCC4)cc3Cl)n2)cc(OCCCN2CCN(C)CC2)c1OC. The number of amides is 2. The molecule has 0 unspecified atom stereocenters. The zero-order valence-corrected chi connectivity index (χ0v) is 33.4. The molecule has 2 aliphatic heterocycles. The Balaban J connectivity index is 1.24. The van der Waals surface area contributed by atoms with Crippen molar-refractivity contribution >= 4 is 40.7 Å². The lowest BCUT2D eigenvalue weighted by Gasteiger charge is -2.32. The zero-order valence-electron chi connectivity index (χ0n) is 32.7. The van der Waals surface area contributed by atoms with Crippen LogP contribution in [0.15, 0.2) is 54.7 Å². The Morgan fingerprint density at radius 3 is 2.34 bits per heavy atom. The first-order valence-corrected chi connectivity index (χ1v) is 19.1. The van der Waals surface area contributed by atoms with Gasteiger partial charge < -0.3 is 49.0 Å². The van der Waals surface area contributed by atoms with E-state index in [0.717, 1.165) is 55.8 Å². The Kier molecular flexibility index (Phi) is 13.8. The number of benzene rings is 3. The lowest BCUT2D eigenvalue weighted by atomic mass is 10.1. The van der Waals surface area contributed by atoms with Crippen LogP contribution in [0.3, 0.4) is 0 Å². The predicted molar refractivity (Wildman–Crippen MR) is 215 cm³/mol. The summed E-state index contributed by atoms with van der Waals surface area (Å²) >= 11 is 6.73. The van der Waals surface area contributed by atoms with E-state index >= 15 is 0 Å². The molecular weight excluding hydrogens is 738 g/mol. The number of piperazine rings is 1. The van der Waals surface area contributed by atoms with Crippen LogP contribution < -0.4 is 29.6 Å². The molecule has 56 heavy (non-hydrogen) atoms. The van der Waals surface area contributed by atoms with E-state index in [0.29, 0.717) is 61.5 Å². The van der Waals surface area contributed by atoms with E-state index in [1.165, 1.54) is 6.20 Å². The normalized spacial score (nSPS) is 14.9. The highest BCUT2D eigenvalue weighted by atomic mass is 35.5. The number of carbonyl (C=O) groups excluding carboxylic acids is 2. The summed E-state index contributed by atoms with van der Waals surface area (Å²) in [6.07, 6.45) is 2.42. The van der Waals surface area contributed by atoms with E-state index in [2.05, 4.69) is 37.4 Å². The maximum Gasteiger partial charge on any atom is 0.262 e. The van der Waals surface area contributed by atoms with Gasteiger partial charge >= 0.3 is 0 Å². The quantitative estimate of drug-likeness (QED) is 0.137. The molecule has 2 fully saturated rings. The molecule has 2 saturated heterocycles. The average molecular weight is 788 g/mol. The largest absolute Gasteiger partial charge is 0.493 e. The van der Waals surface area contributed by atoms with Crippen LogP contribution in [0.25, 0.3) is 0 Å². The second-order valence-electron chi connectivity index (χ2n) is 13.9. The van der Waals surface area contributed by atoms with Crippen LogP contribution in [0.2, 0.25) is 5.02 Å². The summed E-state index contributed by atoms with van der Waals surface area (Å²) < 4.78 is 29.2. The van der Waals surface area contributed by atoms with Crippen molar-refractivity contribution in [2.45, 2.75) is 26.7 Å². The molecule has 2 N–H and O–H groups in total. The second-order valence-corrected chi connectivity index (χ2v) is 14.3. The van der Waals surface area contributed by atoms with E-state index in [4.69, 9.17) is 35.3 Å². The fraction of sp³-hybridized carbons (Fsp3) is 0.415. The number of carbonyl (C=O) groups is 2. The van der Waals surface area contributed by atoms with E-state index in [1.54, 1.807) is 49.5 Å². The Hall–Kier alpha value is -5.15. The fourth-order valence-corrected chi connectivity index (χ4v) is 6.81. The minimum atomic E-state index is -0.467. The van der Waals surface area contributed by atoms with Crippen LogP contribution >= 0.6 is 11.6 Å².